The van der Waals surface area contributed by atoms with E-state index in [0.29, 0.717) is 29.4 Å². The highest BCUT2D eigenvalue weighted by Crippen LogP contribution is 2.23. The first-order valence-corrected chi connectivity index (χ1v) is 9.56. The zero-order valence-corrected chi connectivity index (χ0v) is 16.1. The molecule has 0 aromatic heterocycles. The SMILES string of the molecule is CCOc1ccccc1CSCC(=O)Nc1ccc(C(=O)N(C)C)cc1. The lowest BCUT2D eigenvalue weighted by Crippen LogP contribution is -2.21. The lowest BCUT2D eigenvalue weighted by Gasteiger charge is -2.11. The van der Waals surface area contributed by atoms with E-state index in [1.807, 2.05) is 31.2 Å². The number of hydrogen-bond acceptors (Lipinski definition) is 4. The van der Waals surface area contributed by atoms with Crippen LogP contribution < -0.4 is 10.1 Å². The predicted octanol–water partition coefficient (Wildman–Crippen LogP) is 3.66. The van der Waals surface area contributed by atoms with Crippen molar-refractivity contribution in [2.75, 3.05) is 31.8 Å². The maximum absolute atomic E-state index is 12.1. The number of thioether (sulfide) groups is 1. The number of anilines is 1. The molecule has 0 saturated carbocycles. The molecule has 0 aliphatic carbocycles. The van der Waals surface area contributed by atoms with Crippen LogP contribution in [0.2, 0.25) is 0 Å². The van der Waals surface area contributed by atoms with Gasteiger partial charge in [0.2, 0.25) is 5.91 Å². The number of para-hydroxylation sites is 1. The lowest BCUT2D eigenvalue weighted by atomic mass is 10.2. The summed E-state index contributed by atoms with van der Waals surface area (Å²) in [6.07, 6.45) is 0. The van der Waals surface area contributed by atoms with E-state index in [4.69, 9.17) is 4.74 Å². The highest BCUT2D eigenvalue weighted by atomic mass is 32.2. The smallest absolute Gasteiger partial charge is 0.253 e. The van der Waals surface area contributed by atoms with Gasteiger partial charge in [0.25, 0.3) is 5.91 Å². The maximum atomic E-state index is 12.1. The summed E-state index contributed by atoms with van der Waals surface area (Å²) in [6, 6.07) is 14.8. The molecule has 0 spiro atoms. The molecular weight excluding hydrogens is 348 g/mol. The minimum absolute atomic E-state index is 0.0635. The molecular formula is C20H24N2O3S. The first-order valence-electron chi connectivity index (χ1n) is 8.41. The van der Waals surface area contributed by atoms with Gasteiger partial charge in [0.15, 0.2) is 0 Å². The van der Waals surface area contributed by atoms with Crippen molar-refractivity contribution in [3.63, 3.8) is 0 Å². The van der Waals surface area contributed by atoms with Crippen LogP contribution in [0.5, 0.6) is 5.75 Å². The molecule has 2 amide bonds. The molecule has 0 unspecified atom stereocenters. The highest BCUT2D eigenvalue weighted by Gasteiger charge is 2.09. The number of nitrogens with zero attached hydrogens (tertiary/aromatic N) is 1. The van der Waals surface area contributed by atoms with Crippen LogP contribution >= 0.6 is 11.8 Å². The zero-order chi connectivity index (χ0) is 18.9. The van der Waals surface area contributed by atoms with E-state index in [2.05, 4.69) is 5.32 Å². The van der Waals surface area contributed by atoms with Crippen LogP contribution in [0.15, 0.2) is 48.5 Å². The van der Waals surface area contributed by atoms with Gasteiger partial charge in [-0.3, -0.25) is 9.59 Å². The largest absolute Gasteiger partial charge is 0.494 e. The summed E-state index contributed by atoms with van der Waals surface area (Å²) in [5.41, 5.74) is 2.36. The Morgan fingerprint density at radius 3 is 2.42 bits per heavy atom. The Hall–Kier alpha value is -2.47. The Bertz CT molecular complexity index is 745. The van der Waals surface area contributed by atoms with Gasteiger partial charge < -0.3 is 15.0 Å². The first kappa shape index (κ1) is 19.8. The van der Waals surface area contributed by atoms with Gasteiger partial charge >= 0.3 is 0 Å². The number of carbonyl (C=O) groups excluding carboxylic acids is 2. The molecule has 2 aromatic rings. The van der Waals surface area contributed by atoms with Gasteiger partial charge in [0, 0.05) is 36.7 Å². The van der Waals surface area contributed by atoms with E-state index < -0.39 is 0 Å². The minimum atomic E-state index is -0.0735. The fraction of sp³-hybridized carbons (Fsp3) is 0.300. The van der Waals surface area contributed by atoms with Crippen LogP contribution in [0.4, 0.5) is 5.69 Å². The molecule has 0 saturated heterocycles. The highest BCUT2D eigenvalue weighted by molar-refractivity contribution is 7.99. The van der Waals surface area contributed by atoms with Crippen molar-refractivity contribution in [2.24, 2.45) is 0 Å². The summed E-state index contributed by atoms with van der Waals surface area (Å²) in [6.45, 7) is 2.57. The average molecular weight is 372 g/mol. The summed E-state index contributed by atoms with van der Waals surface area (Å²) in [5.74, 6) is 1.78. The quantitative estimate of drug-likeness (QED) is 0.768. The molecule has 26 heavy (non-hydrogen) atoms. The first-order chi connectivity index (χ1) is 12.5. The molecule has 0 aliphatic heterocycles. The Morgan fingerprint density at radius 1 is 1.08 bits per heavy atom. The third-order valence-corrected chi connectivity index (χ3v) is 4.57. The molecule has 0 aliphatic rings. The predicted molar refractivity (Wildman–Crippen MR) is 107 cm³/mol. The van der Waals surface area contributed by atoms with Gasteiger partial charge in [0.05, 0.1) is 12.4 Å². The fourth-order valence-electron chi connectivity index (χ4n) is 2.32. The van der Waals surface area contributed by atoms with Crippen molar-refractivity contribution in [1.82, 2.24) is 4.90 Å². The second-order valence-corrected chi connectivity index (χ2v) is 6.84. The molecule has 2 aromatic carbocycles. The van der Waals surface area contributed by atoms with Crippen LogP contribution in [0.25, 0.3) is 0 Å². The van der Waals surface area contributed by atoms with E-state index in [1.54, 1.807) is 38.4 Å². The van der Waals surface area contributed by atoms with E-state index >= 15 is 0 Å². The molecule has 138 valence electrons. The third kappa shape index (κ3) is 5.81. The van der Waals surface area contributed by atoms with Crippen molar-refractivity contribution in [3.8, 4) is 5.75 Å². The monoisotopic (exact) mass is 372 g/mol. The molecule has 6 heteroatoms. The normalized spacial score (nSPS) is 10.3. The van der Waals surface area contributed by atoms with Gasteiger partial charge in [-0.25, -0.2) is 0 Å². The molecule has 0 fully saturated rings. The molecule has 0 radical (unpaired) electrons. The number of ether oxygens (including phenoxy) is 1. The van der Waals surface area contributed by atoms with Crippen LogP contribution in [0.3, 0.4) is 0 Å². The zero-order valence-electron chi connectivity index (χ0n) is 15.3. The number of benzene rings is 2. The van der Waals surface area contributed by atoms with Crippen molar-refractivity contribution < 1.29 is 14.3 Å². The van der Waals surface area contributed by atoms with Gasteiger partial charge in [-0.15, -0.1) is 11.8 Å². The summed E-state index contributed by atoms with van der Waals surface area (Å²) in [5, 5.41) is 2.85. The van der Waals surface area contributed by atoms with Crippen molar-refractivity contribution in [2.45, 2.75) is 12.7 Å². The van der Waals surface area contributed by atoms with Gasteiger partial charge in [-0.05, 0) is 37.3 Å². The van der Waals surface area contributed by atoms with Crippen molar-refractivity contribution >= 4 is 29.3 Å². The number of carbonyl (C=O) groups is 2. The average Bonchev–Trinajstić information content (AvgIpc) is 2.63. The van der Waals surface area contributed by atoms with E-state index in [9.17, 15) is 9.59 Å². The topological polar surface area (TPSA) is 58.6 Å². The Labute approximate surface area is 158 Å². The van der Waals surface area contributed by atoms with Gasteiger partial charge in [-0.1, -0.05) is 18.2 Å². The van der Waals surface area contributed by atoms with Crippen LogP contribution in [0.1, 0.15) is 22.8 Å². The van der Waals surface area contributed by atoms with Crippen molar-refractivity contribution in [1.29, 1.82) is 0 Å². The Kier molecular flexibility index (Phi) is 7.53. The molecule has 1 N–H and O–H groups in total. The molecule has 0 bridgehead atoms. The van der Waals surface area contributed by atoms with Gasteiger partial charge in [0.1, 0.15) is 5.75 Å². The second kappa shape index (κ2) is 9.87. The molecule has 0 atom stereocenters. The summed E-state index contributed by atoms with van der Waals surface area (Å²) in [7, 11) is 3.41. The minimum Gasteiger partial charge on any atom is -0.494 e. The number of hydrogen-bond donors (Lipinski definition) is 1. The number of nitrogens with one attached hydrogen (secondary N) is 1. The number of rotatable bonds is 8. The van der Waals surface area contributed by atoms with Crippen LogP contribution in [0, 0.1) is 0 Å². The third-order valence-electron chi connectivity index (χ3n) is 3.58. The van der Waals surface area contributed by atoms with E-state index in [-0.39, 0.29) is 11.8 Å². The van der Waals surface area contributed by atoms with Crippen molar-refractivity contribution in [3.05, 3.63) is 59.7 Å². The summed E-state index contributed by atoms with van der Waals surface area (Å²) in [4.78, 5) is 25.5. The van der Waals surface area contributed by atoms with Crippen LogP contribution in [-0.4, -0.2) is 43.2 Å². The molecule has 5 nitrogen and oxygen atoms in total. The fourth-order valence-corrected chi connectivity index (χ4v) is 3.14. The van der Waals surface area contributed by atoms with E-state index in [0.717, 1.165) is 11.3 Å². The van der Waals surface area contributed by atoms with E-state index in [1.165, 1.54) is 16.7 Å². The Balaban J connectivity index is 1.83. The maximum Gasteiger partial charge on any atom is 0.253 e. The lowest BCUT2D eigenvalue weighted by molar-refractivity contribution is -0.113. The standard InChI is InChI=1S/C20H24N2O3S/c1-4-25-18-8-6-5-7-16(18)13-26-14-19(23)21-17-11-9-15(10-12-17)20(24)22(2)3/h5-12H,4,13-14H2,1-3H3,(H,21,23). The number of amides is 2. The van der Waals surface area contributed by atoms with Crippen LogP contribution in [-0.2, 0) is 10.5 Å². The summed E-state index contributed by atoms with van der Waals surface area (Å²) >= 11 is 1.53. The van der Waals surface area contributed by atoms with Gasteiger partial charge in [-0.2, -0.15) is 0 Å². The summed E-state index contributed by atoms with van der Waals surface area (Å²) < 4.78 is 5.59. The Morgan fingerprint density at radius 2 is 1.77 bits per heavy atom. The second-order valence-electron chi connectivity index (χ2n) is 5.86. The molecule has 0 heterocycles. The molecule has 2 rings (SSSR count).